The van der Waals surface area contributed by atoms with Gasteiger partial charge in [-0.1, -0.05) is 11.3 Å². The lowest BCUT2D eigenvalue weighted by molar-refractivity contribution is -0.359. The van der Waals surface area contributed by atoms with Crippen LogP contribution in [-0.2, 0) is 5.92 Å². The normalized spacial score (nSPS) is 13.6. The molecule has 0 aliphatic heterocycles. The van der Waals surface area contributed by atoms with Crippen molar-refractivity contribution in [1.82, 2.24) is 10.2 Å². The highest BCUT2D eigenvalue weighted by Gasteiger charge is 2.75. The number of halogens is 7. The third kappa shape index (κ3) is 3.50. The van der Waals surface area contributed by atoms with E-state index in [1.165, 1.54) is 6.07 Å². The quantitative estimate of drug-likeness (QED) is 0.612. The number of rotatable bonds is 4. The molecule has 0 bridgehead atoms. The summed E-state index contributed by atoms with van der Waals surface area (Å²) in [7, 11) is 0. The van der Waals surface area contributed by atoms with Crippen LogP contribution < -0.4 is 0 Å². The van der Waals surface area contributed by atoms with Gasteiger partial charge in [0, 0.05) is 17.8 Å². The van der Waals surface area contributed by atoms with Gasteiger partial charge in [0.1, 0.15) is 11.5 Å². The first kappa shape index (κ1) is 18.9. The highest BCUT2D eigenvalue weighted by molar-refractivity contribution is 7.15. The van der Waals surface area contributed by atoms with Crippen molar-refractivity contribution < 1.29 is 40.9 Å². The lowest BCUT2D eigenvalue weighted by Crippen LogP contribution is -2.50. The van der Waals surface area contributed by atoms with Crippen molar-refractivity contribution in [2.45, 2.75) is 18.0 Å². The zero-order chi connectivity index (χ0) is 19.0. The average molecular weight is 389 g/mol. The van der Waals surface area contributed by atoms with E-state index in [9.17, 15) is 35.8 Å². The standard InChI is InChI=1S/C12H6F7N3O2S/c13-10(14,11(15,16)12(17,18)19)8-21-22-9(25-8)20-4-5-1-2-6(23)3-7(5)24/h1-4,23-24H/b20-4+. The molecule has 0 spiro atoms. The summed E-state index contributed by atoms with van der Waals surface area (Å²) in [5, 5.41) is 21.7. The Balaban J connectivity index is 2.29. The lowest BCUT2D eigenvalue weighted by atomic mass is 10.2. The number of hydrogen-bond acceptors (Lipinski definition) is 6. The first-order valence-corrected chi connectivity index (χ1v) is 6.90. The Labute approximate surface area is 138 Å². The van der Waals surface area contributed by atoms with Crippen molar-refractivity contribution in [1.29, 1.82) is 0 Å². The summed E-state index contributed by atoms with van der Waals surface area (Å²) in [6, 6.07) is 3.28. The number of alkyl halides is 7. The highest BCUT2D eigenvalue weighted by atomic mass is 32.1. The highest BCUT2D eigenvalue weighted by Crippen LogP contribution is 2.52. The van der Waals surface area contributed by atoms with E-state index in [-0.39, 0.29) is 22.6 Å². The molecule has 0 unspecified atom stereocenters. The Hall–Kier alpha value is -2.44. The number of aromatic nitrogens is 2. The SMILES string of the molecule is Oc1ccc(/C=N/c2nnc(C(F)(F)C(F)(F)C(F)(F)F)s2)c(O)c1. The minimum atomic E-state index is -6.48. The topological polar surface area (TPSA) is 78.6 Å². The molecule has 0 amide bonds. The smallest absolute Gasteiger partial charge is 0.460 e. The zero-order valence-corrected chi connectivity index (χ0v) is 12.4. The van der Waals surface area contributed by atoms with Gasteiger partial charge in [0.15, 0.2) is 5.01 Å². The number of aliphatic imine (C=N–C) groups is 1. The van der Waals surface area contributed by atoms with E-state index < -0.39 is 33.9 Å². The summed E-state index contributed by atoms with van der Waals surface area (Å²) < 4.78 is 89.0. The predicted octanol–water partition coefficient (Wildman–Crippen LogP) is 3.99. The fourth-order valence-corrected chi connectivity index (χ4v) is 2.17. The molecule has 0 atom stereocenters. The van der Waals surface area contributed by atoms with Gasteiger partial charge in [0.05, 0.1) is 0 Å². The molecule has 25 heavy (non-hydrogen) atoms. The second-order valence-corrected chi connectivity index (χ2v) is 5.49. The van der Waals surface area contributed by atoms with Crippen molar-refractivity contribution in [3.8, 4) is 11.5 Å². The van der Waals surface area contributed by atoms with Crippen molar-refractivity contribution in [3.63, 3.8) is 0 Å². The predicted molar refractivity (Wildman–Crippen MR) is 71.8 cm³/mol. The summed E-state index contributed by atoms with van der Waals surface area (Å²) >= 11 is -0.270. The molecule has 13 heteroatoms. The molecular formula is C12H6F7N3O2S. The van der Waals surface area contributed by atoms with Crippen molar-refractivity contribution in [2.24, 2.45) is 4.99 Å². The molecule has 0 aliphatic rings. The molecule has 1 aromatic carbocycles. The van der Waals surface area contributed by atoms with E-state index in [1.807, 2.05) is 0 Å². The molecule has 1 heterocycles. The lowest BCUT2D eigenvalue weighted by Gasteiger charge is -2.25. The molecule has 1 aromatic heterocycles. The van der Waals surface area contributed by atoms with E-state index in [0.717, 1.165) is 18.3 Å². The Kier molecular flexibility index (Phi) is 4.63. The van der Waals surface area contributed by atoms with Crippen LogP contribution in [0.3, 0.4) is 0 Å². The van der Waals surface area contributed by atoms with Gasteiger partial charge >= 0.3 is 18.0 Å². The zero-order valence-electron chi connectivity index (χ0n) is 11.6. The number of benzene rings is 1. The maximum absolute atomic E-state index is 13.4. The van der Waals surface area contributed by atoms with Crippen LogP contribution >= 0.6 is 11.3 Å². The van der Waals surface area contributed by atoms with Crippen molar-refractivity contribution >= 4 is 22.7 Å². The number of hydrogen-bond donors (Lipinski definition) is 2. The van der Waals surface area contributed by atoms with Crippen LogP contribution in [0.5, 0.6) is 11.5 Å². The summed E-state index contributed by atoms with van der Waals surface area (Å²) in [6.07, 6.45) is -5.61. The molecule has 0 radical (unpaired) electrons. The Bertz CT molecular complexity index is 804. The van der Waals surface area contributed by atoms with Crippen LogP contribution in [0.2, 0.25) is 0 Å². The van der Waals surface area contributed by atoms with E-state index in [4.69, 9.17) is 5.11 Å². The van der Waals surface area contributed by atoms with Gasteiger partial charge in [0.25, 0.3) is 0 Å². The Morgan fingerprint density at radius 2 is 1.64 bits per heavy atom. The van der Waals surface area contributed by atoms with E-state index in [2.05, 4.69) is 15.2 Å². The molecular weight excluding hydrogens is 383 g/mol. The second-order valence-electron chi connectivity index (χ2n) is 4.54. The average Bonchev–Trinajstić information content (AvgIpc) is 2.94. The van der Waals surface area contributed by atoms with E-state index in [0.29, 0.717) is 0 Å². The molecule has 2 aromatic rings. The van der Waals surface area contributed by atoms with Crippen LogP contribution in [0.15, 0.2) is 23.2 Å². The van der Waals surface area contributed by atoms with Gasteiger partial charge in [0.2, 0.25) is 5.13 Å². The Morgan fingerprint density at radius 1 is 1.00 bits per heavy atom. The minimum absolute atomic E-state index is 0.00179. The van der Waals surface area contributed by atoms with Crippen LogP contribution in [0.1, 0.15) is 10.6 Å². The van der Waals surface area contributed by atoms with Crippen LogP contribution in [-0.4, -0.2) is 38.7 Å². The largest absolute Gasteiger partial charge is 0.508 e. The molecule has 0 saturated carbocycles. The monoisotopic (exact) mass is 389 g/mol. The van der Waals surface area contributed by atoms with Gasteiger partial charge in [-0.2, -0.15) is 30.7 Å². The van der Waals surface area contributed by atoms with Gasteiger partial charge in [-0.3, -0.25) is 0 Å². The van der Waals surface area contributed by atoms with Crippen molar-refractivity contribution in [2.75, 3.05) is 0 Å². The number of phenolic OH excluding ortho intramolecular Hbond substituents is 2. The molecule has 2 rings (SSSR count). The van der Waals surface area contributed by atoms with Gasteiger partial charge in [-0.05, 0) is 12.1 Å². The second kappa shape index (κ2) is 6.13. The summed E-state index contributed by atoms with van der Waals surface area (Å²) in [5.74, 6) is -12.7. The molecule has 136 valence electrons. The third-order valence-corrected chi connectivity index (χ3v) is 3.66. The molecule has 0 fully saturated rings. The van der Waals surface area contributed by atoms with E-state index in [1.54, 1.807) is 0 Å². The Morgan fingerprint density at radius 3 is 2.20 bits per heavy atom. The maximum atomic E-state index is 13.4. The molecule has 0 aliphatic carbocycles. The van der Waals surface area contributed by atoms with Crippen molar-refractivity contribution in [3.05, 3.63) is 28.8 Å². The maximum Gasteiger partial charge on any atom is 0.460 e. The number of nitrogens with zero attached hydrogens (tertiary/aromatic N) is 3. The molecule has 0 saturated heterocycles. The third-order valence-electron chi connectivity index (χ3n) is 2.76. The summed E-state index contributed by atoms with van der Waals surface area (Å²) in [6.45, 7) is 0. The van der Waals surface area contributed by atoms with Crippen LogP contribution in [0, 0.1) is 0 Å². The minimum Gasteiger partial charge on any atom is -0.508 e. The van der Waals surface area contributed by atoms with Gasteiger partial charge < -0.3 is 10.2 Å². The van der Waals surface area contributed by atoms with Gasteiger partial charge in [-0.15, -0.1) is 10.2 Å². The fraction of sp³-hybridized carbons (Fsp3) is 0.250. The first-order valence-electron chi connectivity index (χ1n) is 6.08. The molecule has 5 nitrogen and oxygen atoms in total. The van der Waals surface area contributed by atoms with Gasteiger partial charge in [-0.25, -0.2) is 4.99 Å². The summed E-state index contributed by atoms with van der Waals surface area (Å²) in [5.41, 5.74) is 0.00179. The van der Waals surface area contributed by atoms with E-state index >= 15 is 0 Å². The summed E-state index contributed by atoms with van der Waals surface area (Å²) in [4.78, 5) is 3.46. The first-order chi connectivity index (χ1) is 11.4. The van der Waals surface area contributed by atoms with Crippen LogP contribution in [0.4, 0.5) is 35.9 Å². The fourth-order valence-electron chi connectivity index (χ4n) is 1.47. The number of aromatic hydroxyl groups is 2. The number of phenols is 2. The molecule has 2 N–H and O–H groups in total. The van der Waals surface area contributed by atoms with Crippen LogP contribution in [0.25, 0.3) is 0 Å².